The number of hydrogen-bond acceptors (Lipinski definition) is 6. The molecule has 1 fully saturated rings. The molecule has 1 rings (SSSR count). The Kier molecular flexibility index (Phi) is 8.07. The van der Waals surface area contributed by atoms with Gasteiger partial charge in [-0.25, -0.2) is 0 Å². The number of thiol groups is 1. The summed E-state index contributed by atoms with van der Waals surface area (Å²) in [7, 11) is 0. The second kappa shape index (κ2) is 8.42. The zero-order valence-electron chi connectivity index (χ0n) is 8.54. The highest BCUT2D eigenvalue weighted by molar-refractivity contribution is 8.08. The van der Waals surface area contributed by atoms with Crippen molar-refractivity contribution in [1.29, 1.82) is 0 Å². The lowest BCUT2D eigenvalue weighted by atomic mass is 10.5. The topological polar surface area (TPSA) is 40.5 Å². The molecule has 3 unspecified atom stereocenters. The molecule has 1 aliphatic rings. The molecule has 0 saturated carbocycles. The van der Waals surface area contributed by atoms with Crippen LogP contribution in [0.4, 0.5) is 0 Å². The molecule has 2 N–H and O–H groups in total. The zero-order chi connectivity index (χ0) is 11.1. The van der Waals surface area contributed by atoms with E-state index < -0.39 is 0 Å². The Bertz CT molecular complexity index is 166. The standard InChI is InChI=1S/C9H18O2S4/c10-7(1-12)2-13-3-8(11)4-14-5-9-6-15-9/h7-12H,1-6H2. The van der Waals surface area contributed by atoms with Crippen molar-refractivity contribution in [3.05, 3.63) is 0 Å². The summed E-state index contributed by atoms with van der Waals surface area (Å²) in [4.78, 5) is 0. The summed E-state index contributed by atoms with van der Waals surface area (Å²) in [6, 6.07) is 0. The van der Waals surface area contributed by atoms with E-state index in [9.17, 15) is 10.2 Å². The van der Waals surface area contributed by atoms with Crippen LogP contribution in [0, 0.1) is 0 Å². The first-order chi connectivity index (χ1) is 7.22. The SMILES string of the molecule is OC(CS)CSCC(O)CSCC1CS1. The van der Waals surface area contributed by atoms with Crippen molar-refractivity contribution in [2.75, 3.05) is 34.5 Å². The summed E-state index contributed by atoms with van der Waals surface area (Å²) in [6.45, 7) is 0. The van der Waals surface area contributed by atoms with E-state index in [0.717, 1.165) is 16.8 Å². The van der Waals surface area contributed by atoms with Crippen LogP contribution < -0.4 is 0 Å². The largest absolute Gasteiger partial charge is 0.391 e. The maximum absolute atomic E-state index is 9.62. The fourth-order valence-electron chi connectivity index (χ4n) is 0.941. The minimum absolute atomic E-state index is 0.240. The van der Waals surface area contributed by atoms with Crippen LogP contribution in [0.5, 0.6) is 0 Å². The van der Waals surface area contributed by atoms with Crippen LogP contribution >= 0.6 is 47.9 Å². The fraction of sp³-hybridized carbons (Fsp3) is 1.00. The first kappa shape index (κ1) is 14.4. The van der Waals surface area contributed by atoms with Crippen LogP contribution in [0.1, 0.15) is 0 Å². The van der Waals surface area contributed by atoms with Crippen molar-refractivity contribution in [2.24, 2.45) is 0 Å². The zero-order valence-corrected chi connectivity index (χ0v) is 11.9. The molecule has 0 aromatic rings. The van der Waals surface area contributed by atoms with Crippen molar-refractivity contribution >= 4 is 47.9 Å². The molecule has 3 atom stereocenters. The smallest absolute Gasteiger partial charge is 0.0720 e. The van der Waals surface area contributed by atoms with Crippen molar-refractivity contribution in [2.45, 2.75) is 17.5 Å². The maximum Gasteiger partial charge on any atom is 0.0720 e. The lowest BCUT2D eigenvalue weighted by Gasteiger charge is -2.11. The number of rotatable bonds is 9. The second-order valence-corrected chi connectivity index (χ2v) is 7.37. The molecule has 15 heavy (non-hydrogen) atoms. The lowest BCUT2D eigenvalue weighted by molar-refractivity contribution is 0.220. The molecule has 6 heteroatoms. The summed E-state index contributed by atoms with van der Waals surface area (Å²) in [5.41, 5.74) is 0. The van der Waals surface area contributed by atoms with E-state index in [-0.39, 0.29) is 12.2 Å². The minimum Gasteiger partial charge on any atom is -0.391 e. The molecule has 0 bridgehead atoms. The summed E-state index contributed by atoms with van der Waals surface area (Å²) >= 11 is 9.43. The molecule has 1 aliphatic heterocycles. The third-order valence-corrected chi connectivity index (χ3v) is 5.95. The highest BCUT2D eigenvalue weighted by Gasteiger charge is 2.22. The molecule has 2 nitrogen and oxygen atoms in total. The summed E-state index contributed by atoms with van der Waals surface area (Å²) < 4.78 is 0. The molecule has 1 heterocycles. The molecule has 0 radical (unpaired) electrons. The Morgan fingerprint density at radius 1 is 1.20 bits per heavy atom. The van der Waals surface area contributed by atoms with Crippen LogP contribution in [0.25, 0.3) is 0 Å². The number of hydrogen-bond donors (Lipinski definition) is 3. The van der Waals surface area contributed by atoms with Gasteiger partial charge in [0.15, 0.2) is 0 Å². The third kappa shape index (κ3) is 8.10. The monoisotopic (exact) mass is 286 g/mol. The quantitative estimate of drug-likeness (QED) is 0.439. The van der Waals surface area contributed by atoms with E-state index in [0.29, 0.717) is 11.5 Å². The van der Waals surface area contributed by atoms with Gasteiger partial charge in [0, 0.05) is 39.8 Å². The van der Waals surface area contributed by atoms with E-state index in [4.69, 9.17) is 0 Å². The Balaban J connectivity index is 1.85. The van der Waals surface area contributed by atoms with Gasteiger partial charge < -0.3 is 10.2 Å². The minimum atomic E-state index is -0.346. The van der Waals surface area contributed by atoms with Gasteiger partial charge in [-0.2, -0.15) is 47.9 Å². The van der Waals surface area contributed by atoms with Crippen LogP contribution in [0.2, 0.25) is 0 Å². The molecule has 1 saturated heterocycles. The highest BCUT2D eigenvalue weighted by Crippen LogP contribution is 2.33. The van der Waals surface area contributed by atoms with E-state index >= 15 is 0 Å². The summed E-state index contributed by atoms with van der Waals surface area (Å²) in [5, 5.41) is 19.7. The van der Waals surface area contributed by atoms with Crippen molar-refractivity contribution < 1.29 is 10.2 Å². The Morgan fingerprint density at radius 2 is 1.80 bits per heavy atom. The van der Waals surface area contributed by atoms with Gasteiger partial charge >= 0.3 is 0 Å². The first-order valence-electron chi connectivity index (χ1n) is 4.96. The molecule has 0 aromatic heterocycles. The predicted octanol–water partition coefficient (Wildman–Crippen LogP) is 1.22. The van der Waals surface area contributed by atoms with E-state index in [1.165, 1.54) is 11.5 Å². The normalized spacial score (nSPS) is 23.8. The molecule has 0 amide bonds. The molecular weight excluding hydrogens is 268 g/mol. The second-order valence-electron chi connectivity index (χ2n) is 3.52. The van der Waals surface area contributed by atoms with E-state index in [2.05, 4.69) is 12.6 Å². The highest BCUT2D eigenvalue weighted by atomic mass is 32.2. The lowest BCUT2D eigenvalue weighted by Crippen LogP contribution is -2.18. The van der Waals surface area contributed by atoms with Crippen molar-refractivity contribution in [1.82, 2.24) is 0 Å². The van der Waals surface area contributed by atoms with Gasteiger partial charge in [-0.3, -0.25) is 0 Å². The van der Waals surface area contributed by atoms with Crippen LogP contribution in [0.3, 0.4) is 0 Å². The fourth-order valence-corrected chi connectivity index (χ4v) is 4.29. The Morgan fingerprint density at radius 3 is 2.40 bits per heavy atom. The molecule has 0 aromatic carbocycles. The van der Waals surface area contributed by atoms with Gasteiger partial charge in [0.25, 0.3) is 0 Å². The first-order valence-corrected chi connectivity index (χ1v) is 8.95. The number of aliphatic hydroxyl groups excluding tert-OH is 2. The van der Waals surface area contributed by atoms with Gasteiger partial charge in [-0.15, -0.1) is 0 Å². The summed E-state index contributed by atoms with van der Waals surface area (Å²) in [6.07, 6.45) is -0.586. The average molecular weight is 287 g/mol. The maximum atomic E-state index is 9.62. The third-order valence-electron chi connectivity index (χ3n) is 1.85. The van der Waals surface area contributed by atoms with Crippen LogP contribution in [-0.2, 0) is 0 Å². The van der Waals surface area contributed by atoms with Gasteiger partial charge in [0.2, 0.25) is 0 Å². The van der Waals surface area contributed by atoms with Crippen molar-refractivity contribution in [3.8, 4) is 0 Å². The van der Waals surface area contributed by atoms with Gasteiger partial charge in [-0.05, 0) is 0 Å². The number of aliphatic hydroxyl groups is 2. The van der Waals surface area contributed by atoms with Gasteiger partial charge in [0.1, 0.15) is 0 Å². The molecule has 90 valence electrons. The van der Waals surface area contributed by atoms with E-state index in [1.807, 2.05) is 23.5 Å². The van der Waals surface area contributed by atoms with Gasteiger partial charge in [-0.1, -0.05) is 0 Å². The Labute approximate surface area is 110 Å². The molecule has 0 spiro atoms. The number of thioether (sulfide) groups is 3. The summed E-state index contributed by atoms with van der Waals surface area (Å²) in [5.74, 6) is 5.18. The molecule has 0 aliphatic carbocycles. The molecular formula is C9H18O2S4. The van der Waals surface area contributed by atoms with Crippen LogP contribution in [0.15, 0.2) is 0 Å². The average Bonchev–Trinajstić information content (AvgIpc) is 3.01. The van der Waals surface area contributed by atoms with Gasteiger partial charge in [0.05, 0.1) is 12.2 Å². The Hall–Kier alpha value is 1.32. The van der Waals surface area contributed by atoms with Crippen LogP contribution in [-0.4, -0.2) is 62.2 Å². The van der Waals surface area contributed by atoms with E-state index in [1.54, 1.807) is 11.8 Å². The predicted molar refractivity (Wildman–Crippen MR) is 76.8 cm³/mol. The van der Waals surface area contributed by atoms with Crippen molar-refractivity contribution in [3.63, 3.8) is 0 Å².